The number of nitrogens with zero attached hydrogens (tertiary/aromatic N) is 2. The Labute approximate surface area is 144 Å². The van der Waals surface area contributed by atoms with Gasteiger partial charge in [0, 0.05) is 45.7 Å². The third-order valence-electron chi connectivity index (χ3n) is 4.25. The van der Waals surface area contributed by atoms with Crippen molar-refractivity contribution >= 4 is 21.6 Å². The number of carbonyl (C=O) groups is 1. The standard InChI is InChI=1S/C17H27N3O3S/c1-19(2)16-6-4-14(5-7-16)8-10-18-17(21)20-11-9-15(12-20)13-24(3,22)23/h4-7,15H,8-13H2,1-3H3,(H,18,21). The fraction of sp³-hybridized carbons (Fsp3) is 0.588. The van der Waals surface area contributed by atoms with Crippen molar-refractivity contribution in [2.24, 2.45) is 5.92 Å². The number of carbonyl (C=O) groups excluding carboxylic acids is 1. The van der Waals surface area contributed by atoms with Gasteiger partial charge in [0.05, 0.1) is 5.75 Å². The maximum atomic E-state index is 12.1. The zero-order valence-electron chi connectivity index (χ0n) is 14.7. The fourth-order valence-electron chi connectivity index (χ4n) is 2.97. The highest BCUT2D eigenvalue weighted by Gasteiger charge is 2.28. The number of amides is 2. The molecule has 2 amide bonds. The molecule has 0 radical (unpaired) electrons. The lowest BCUT2D eigenvalue weighted by Gasteiger charge is -2.17. The molecule has 1 atom stereocenters. The van der Waals surface area contributed by atoms with Crippen LogP contribution in [0.2, 0.25) is 0 Å². The van der Waals surface area contributed by atoms with Crippen LogP contribution in [0.4, 0.5) is 10.5 Å². The van der Waals surface area contributed by atoms with E-state index in [0.717, 1.165) is 18.5 Å². The SMILES string of the molecule is CN(C)c1ccc(CCNC(=O)N2CCC(CS(C)(=O)=O)C2)cc1. The van der Waals surface area contributed by atoms with Crippen LogP contribution in [0.15, 0.2) is 24.3 Å². The van der Waals surface area contributed by atoms with E-state index in [1.54, 1.807) is 4.90 Å². The summed E-state index contributed by atoms with van der Waals surface area (Å²) < 4.78 is 22.7. The number of anilines is 1. The summed E-state index contributed by atoms with van der Waals surface area (Å²) in [6, 6.07) is 8.16. The van der Waals surface area contributed by atoms with Crippen molar-refractivity contribution in [2.45, 2.75) is 12.8 Å². The first-order chi connectivity index (χ1) is 11.2. The molecule has 0 saturated carbocycles. The molecule has 2 rings (SSSR count). The molecule has 1 unspecified atom stereocenters. The number of rotatable bonds is 6. The van der Waals surface area contributed by atoms with Gasteiger partial charge in [0.25, 0.3) is 0 Å². The molecule has 1 aromatic carbocycles. The molecule has 1 heterocycles. The number of hydrogen-bond donors (Lipinski definition) is 1. The largest absolute Gasteiger partial charge is 0.378 e. The summed E-state index contributed by atoms with van der Waals surface area (Å²) in [6.07, 6.45) is 2.78. The van der Waals surface area contributed by atoms with Gasteiger partial charge in [-0.25, -0.2) is 13.2 Å². The number of sulfone groups is 1. The summed E-state index contributed by atoms with van der Waals surface area (Å²) in [6.45, 7) is 1.73. The highest BCUT2D eigenvalue weighted by atomic mass is 32.2. The molecule has 0 aromatic heterocycles. The van der Waals surface area contributed by atoms with Gasteiger partial charge in [-0.3, -0.25) is 0 Å². The van der Waals surface area contributed by atoms with Crippen LogP contribution in [0, 0.1) is 5.92 Å². The number of likely N-dealkylation sites (tertiary alicyclic amines) is 1. The van der Waals surface area contributed by atoms with Crippen molar-refractivity contribution in [2.75, 3.05) is 50.6 Å². The van der Waals surface area contributed by atoms with Crippen LogP contribution < -0.4 is 10.2 Å². The molecule has 24 heavy (non-hydrogen) atoms. The van der Waals surface area contributed by atoms with Gasteiger partial charge in [0.1, 0.15) is 9.84 Å². The Morgan fingerprint density at radius 1 is 1.29 bits per heavy atom. The summed E-state index contributed by atoms with van der Waals surface area (Å²) >= 11 is 0. The third kappa shape index (κ3) is 5.70. The Morgan fingerprint density at radius 3 is 2.54 bits per heavy atom. The number of urea groups is 1. The third-order valence-corrected chi connectivity index (χ3v) is 5.33. The van der Waals surface area contributed by atoms with E-state index in [1.165, 1.54) is 11.8 Å². The highest BCUT2D eigenvalue weighted by molar-refractivity contribution is 7.90. The second-order valence-electron chi connectivity index (χ2n) is 6.74. The van der Waals surface area contributed by atoms with Crippen LogP contribution in [0.1, 0.15) is 12.0 Å². The second kappa shape index (κ2) is 7.88. The van der Waals surface area contributed by atoms with Gasteiger partial charge in [-0.05, 0) is 36.5 Å². The summed E-state index contributed by atoms with van der Waals surface area (Å²) in [5.74, 6) is 0.221. The molecule has 7 heteroatoms. The Kier molecular flexibility index (Phi) is 6.10. The molecule has 1 N–H and O–H groups in total. The van der Waals surface area contributed by atoms with Crippen molar-refractivity contribution in [3.05, 3.63) is 29.8 Å². The lowest BCUT2D eigenvalue weighted by molar-refractivity contribution is 0.207. The van der Waals surface area contributed by atoms with Gasteiger partial charge in [-0.1, -0.05) is 12.1 Å². The van der Waals surface area contributed by atoms with Crippen LogP contribution >= 0.6 is 0 Å². The molecule has 1 aliphatic rings. The minimum absolute atomic E-state index is 0.0596. The second-order valence-corrected chi connectivity index (χ2v) is 8.92. The molecular formula is C17H27N3O3S. The van der Waals surface area contributed by atoms with E-state index in [2.05, 4.69) is 29.6 Å². The van der Waals surface area contributed by atoms with E-state index in [-0.39, 0.29) is 17.7 Å². The highest BCUT2D eigenvalue weighted by Crippen LogP contribution is 2.18. The van der Waals surface area contributed by atoms with E-state index < -0.39 is 9.84 Å². The van der Waals surface area contributed by atoms with Crippen LogP contribution in [-0.2, 0) is 16.3 Å². The maximum Gasteiger partial charge on any atom is 0.317 e. The summed E-state index contributed by atoms with van der Waals surface area (Å²) in [5.41, 5.74) is 2.33. The zero-order valence-corrected chi connectivity index (χ0v) is 15.5. The molecule has 1 fully saturated rings. The molecule has 0 spiro atoms. The zero-order chi connectivity index (χ0) is 17.7. The quantitative estimate of drug-likeness (QED) is 0.839. The summed E-state index contributed by atoms with van der Waals surface area (Å²) in [5, 5.41) is 2.92. The van der Waals surface area contributed by atoms with E-state index in [9.17, 15) is 13.2 Å². The predicted octanol–water partition coefficient (Wildman–Crippen LogP) is 1.37. The fourth-order valence-corrected chi connectivity index (χ4v) is 4.10. The Balaban J connectivity index is 1.73. The Bertz CT molecular complexity index is 656. The summed E-state index contributed by atoms with van der Waals surface area (Å²) in [7, 11) is 1.02. The number of benzene rings is 1. The first-order valence-corrected chi connectivity index (χ1v) is 10.3. The smallest absolute Gasteiger partial charge is 0.317 e. The summed E-state index contributed by atoms with van der Waals surface area (Å²) in [4.78, 5) is 15.9. The van der Waals surface area contributed by atoms with E-state index in [1.807, 2.05) is 19.0 Å². The lowest BCUT2D eigenvalue weighted by Crippen LogP contribution is -2.39. The Morgan fingerprint density at radius 2 is 1.96 bits per heavy atom. The van der Waals surface area contributed by atoms with E-state index >= 15 is 0 Å². The molecule has 1 saturated heterocycles. The van der Waals surface area contributed by atoms with Gasteiger partial charge in [0.2, 0.25) is 0 Å². The van der Waals surface area contributed by atoms with E-state index in [0.29, 0.717) is 19.6 Å². The molecule has 134 valence electrons. The Hall–Kier alpha value is -1.76. The van der Waals surface area contributed by atoms with Gasteiger partial charge in [-0.2, -0.15) is 0 Å². The monoisotopic (exact) mass is 353 g/mol. The average Bonchev–Trinajstić information content (AvgIpc) is 2.94. The van der Waals surface area contributed by atoms with Crippen molar-refractivity contribution in [3.63, 3.8) is 0 Å². The van der Waals surface area contributed by atoms with Crippen LogP contribution in [0.5, 0.6) is 0 Å². The van der Waals surface area contributed by atoms with Gasteiger partial charge in [0.15, 0.2) is 0 Å². The van der Waals surface area contributed by atoms with Crippen molar-refractivity contribution < 1.29 is 13.2 Å². The van der Waals surface area contributed by atoms with Crippen LogP contribution in [-0.4, -0.2) is 65.1 Å². The number of nitrogens with one attached hydrogen (secondary N) is 1. The molecule has 1 aromatic rings. The maximum absolute atomic E-state index is 12.1. The topological polar surface area (TPSA) is 69.7 Å². The molecule has 0 bridgehead atoms. The lowest BCUT2D eigenvalue weighted by atomic mass is 10.1. The van der Waals surface area contributed by atoms with Crippen molar-refractivity contribution in [1.29, 1.82) is 0 Å². The first kappa shape index (κ1) is 18.6. The molecule has 1 aliphatic heterocycles. The molecule has 0 aliphatic carbocycles. The molecular weight excluding hydrogens is 326 g/mol. The predicted molar refractivity (Wildman–Crippen MR) is 97.3 cm³/mol. The first-order valence-electron chi connectivity index (χ1n) is 8.21. The van der Waals surface area contributed by atoms with Crippen molar-refractivity contribution in [3.8, 4) is 0 Å². The minimum atomic E-state index is -2.98. The van der Waals surface area contributed by atoms with Crippen molar-refractivity contribution in [1.82, 2.24) is 10.2 Å². The van der Waals surface area contributed by atoms with Gasteiger partial charge >= 0.3 is 6.03 Å². The van der Waals surface area contributed by atoms with Crippen LogP contribution in [0.3, 0.4) is 0 Å². The average molecular weight is 353 g/mol. The minimum Gasteiger partial charge on any atom is -0.378 e. The van der Waals surface area contributed by atoms with Gasteiger partial charge in [-0.15, -0.1) is 0 Å². The number of hydrogen-bond acceptors (Lipinski definition) is 4. The van der Waals surface area contributed by atoms with Gasteiger partial charge < -0.3 is 15.1 Å². The molecule has 6 nitrogen and oxygen atoms in total. The van der Waals surface area contributed by atoms with Crippen LogP contribution in [0.25, 0.3) is 0 Å². The normalized spacial score (nSPS) is 17.8. The van der Waals surface area contributed by atoms with E-state index in [4.69, 9.17) is 0 Å².